The van der Waals surface area contributed by atoms with E-state index < -0.39 is 65.2 Å². The fourth-order valence-electron chi connectivity index (χ4n) is 5.01. The first-order valence-electron chi connectivity index (χ1n) is 10.8. The van der Waals surface area contributed by atoms with Gasteiger partial charge in [0, 0.05) is 30.7 Å². The number of aromatic nitrogens is 2. The Bertz CT molecular complexity index is 1200. The molecule has 2 heterocycles. The molecule has 0 spiro atoms. The van der Waals surface area contributed by atoms with Crippen LogP contribution in [0.4, 0.5) is 36.4 Å². The summed E-state index contributed by atoms with van der Waals surface area (Å²) in [4.78, 5) is 28.2. The van der Waals surface area contributed by atoms with Crippen molar-refractivity contribution in [1.29, 1.82) is 0 Å². The van der Waals surface area contributed by atoms with Crippen molar-refractivity contribution in [2.75, 3.05) is 18.0 Å². The van der Waals surface area contributed by atoms with Crippen LogP contribution in [0.1, 0.15) is 42.9 Å². The molecule has 34 heavy (non-hydrogen) atoms. The lowest BCUT2D eigenvalue weighted by atomic mass is 9.88. The largest absolute Gasteiger partial charge is 0.369 e. The summed E-state index contributed by atoms with van der Waals surface area (Å²) in [5.74, 6) is -4.63. The van der Waals surface area contributed by atoms with E-state index in [9.17, 15) is 35.9 Å². The molecule has 1 aromatic heterocycles. The van der Waals surface area contributed by atoms with Gasteiger partial charge in [0.2, 0.25) is 12.9 Å². The van der Waals surface area contributed by atoms with E-state index >= 15 is 4.39 Å². The predicted octanol–water partition coefficient (Wildman–Crippen LogP) is 3.71. The first-order valence-corrected chi connectivity index (χ1v) is 10.8. The zero-order chi connectivity index (χ0) is 25.1. The standard InChI is InChI=1S/C21H23F7N4O2/c1-7-15-11(20(33)30-21(34)32(15)9-2-3-9)10(17(23)24)13(22)16(7)31-5-4-8(6-31)14(29)12(18(25)26)19(27)28/h8-9,12,14,17-19H,2-6,29H2,1H3,(H,30,33,34). The van der Waals surface area contributed by atoms with Gasteiger partial charge in [0.15, 0.2) is 5.82 Å². The Balaban J connectivity index is 1.85. The van der Waals surface area contributed by atoms with Crippen LogP contribution in [0, 0.1) is 24.6 Å². The van der Waals surface area contributed by atoms with Crippen molar-refractivity contribution in [3.8, 4) is 0 Å². The number of anilines is 1. The summed E-state index contributed by atoms with van der Waals surface area (Å²) in [5, 5.41) is -0.622. The number of nitrogens with two attached hydrogens (primary N) is 1. The van der Waals surface area contributed by atoms with E-state index in [2.05, 4.69) is 0 Å². The molecule has 4 rings (SSSR count). The van der Waals surface area contributed by atoms with Crippen LogP contribution in [-0.2, 0) is 0 Å². The lowest BCUT2D eigenvalue weighted by Crippen LogP contribution is -2.45. The molecular weight excluding hydrogens is 473 g/mol. The van der Waals surface area contributed by atoms with E-state index in [0.717, 1.165) is 0 Å². The van der Waals surface area contributed by atoms with Crippen molar-refractivity contribution in [2.24, 2.45) is 17.6 Å². The van der Waals surface area contributed by atoms with E-state index in [1.54, 1.807) is 0 Å². The highest BCUT2D eigenvalue weighted by molar-refractivity contribution is 5.90. The van der Waals surface area contributed by atoms with Gasteiger partial charge in [-0.2, -0.15) is 0 Å². The molecule has 1 aliphatic heterocycles. The van der Waals surface area contributed by atoms with Gasteiger partial charge in [-0.1, -0.05) is 0 Å². The summed E-state index contributed by atoms with van der Waals surface area (Å²) < 4.78 is 97.2. The number of hydrogen-bond acceptors (Lipinski definition) is 4. The van der Waals surface area contributed by atoms with Crippen LogP contribution in [0.25, 0.3) is 10.9 Å². The second kappa shape index (κ2) is 8.90. The molecule has 0 radical (unpaired) electrons. The third-order valence-corrected chi connectivity index (χ3v) is 6.81. The number of fused-ring (bicyclic) bond motifs is 1. The first kappa shape index (κ1) is 24.6. The predicted molar refractivity (Wildman–Crippen MR) is 111 cm³/mol. The van der Waals surface area contributed by atoms with Gasteiger partial charge in [-0.3, -0.25) is 14.3 Å². The van der Waals surface area contributed by atoms with Crippen molar-refractivity contribution < 1.29 is 30.7 Å². The Hall–Kier alpha value is -2.57. The Kier molecular flexibility index (Phi) is 6.42. The monoisotopic (exact) mass is 496 g/mol. The van der Waals surface area contributed by atoms with E-state index in [-0.39, 0.29) is 42.3 Å². The van der Waals surface area contributed by atoms with E-state index in [1.807, 2.05) is 4.98 Å². The van der Waals surface area contributed by atoms with Gasteiger partial charge in [0.05, 0.1) is 28.1 Å². The lowest BCUT2D eigenvalue weighted by molar-refractivity contribution is -0.0464. The quantitative estimate of drug-likeness (QED) is 0.573. The third-order valence-electron chi connectivity index (χ3n) is 6.81. The molecule has 2 atom stereocenters. The molecule has 2 unspecified atom stereocenters. The van der Waals surface area contributed by atoms with Crippen LogP contribution in [0.2, 0.25) is 0 Å². The lowest BCUT2D eigenvalue weighted by Gasteiger charge is -2.29. The molecule has 3 N–H and O–H groups in total. The molecule has 0 amide bonds. The number of rotatable bonds is 7. The second-order valence-electron chi connectivity index (χ2n) is 8.90. The minimum absolute atomic E-state index is 0.0135. The molecular formula is C21H23F7N4O2. The maximum atomic E-state index is 15.5. The van der Waals surface area contributed by atoms with Gasteiger partial charge in [-0.15, -0.1) is 0 Å². The van der Waals surface area contributed by atoms with Crippen molar-refractivity contribution >= 4 is 16.6 Å². The Labute approximate surface area is 188 Å². The topological polar surface area (TPSA) is 84.1 Å². The minimum Gasteiger partial charge on any atom is -0.369 e. The molecule has 1 saturated heterocycles. The highest BCUT2D eigenvalue weighted by atomic mass is 19.3. The number of H-pyrrole nitrogens is 1. The van der Waals surface area contributed by atoms with Crippen molar-refractivity contribution in [3.05, 3.63) is 37.8 Å². The highest BCUT2D eigenvalue weighted by Gasteiger charge is 2.43. The molecule has 2 aliphatic rings. The SMILES string of the molecule is Cc1c(N2CCC(C(N)C(C(F)F)C(F)F)C2)c(F)c(C(F)F)c2c(=O)[nH]c(=O)n(C3CC3)c12. The van der Waals surface area contributed by atoms with Crippen LogP contribution in [0.3, 0.4) is 0 Å². The van der Waals surface area contributed by atoms with Crippen molar-refractivity contribution in [3.63, 3.8) is 0 Å². The summed E-state index contributed by atoms with van der Waals surface area (Å²) in [7, 11) is 0. The van der Waals surface area contributed by atoms with Gasteiger partial charge in [-0.05, 0) is 32.1 Å². The van der Waals surface area contributed by atoms with Gasteiger partial charge in [-0.25, -0.2) is 35.5 Å². The number of halogens is 7. The molecule has 6 nitrogen and oxygen atoms in total. The van der Waals surface area contributed by atoms with E-state index in [0.29, 0.717) is 12.8 Å². The van der Waals surface area contributed by atoms with Crippen LogP contribution < -0.4 is 21.9 Å². The van der Waals surface area contributed by atoms with E-state index in [1.165, 1.54) is 16.4 Å². The average Bonchev–Trinajstić information content (AvgIpc) is 3.44. The summed E-state index contributed by atoms with van der Waals surface area (Å²) in [6.07, 6.45) is -8.93. The zero-order valence-electron chi connectivity index (χ0n) is 18.0. The Morgan fingerprint density at radius 2 is 1.65 bits per heavy atom. The molecule has 13 heteroatoms. The molecule has 1 saturated carbocycles. The normalized spacial score (nSPS) is 20.0. The number of aryl methyl sites for hydroxylation is 1. The maximum absolute atomic E-state index is 15.5. The Morgan fingerprint density at radius 1 is 1.03 bits per heavy atom. The summed E-state index contributed by atoms with van der Waals surface area (Å²) in [5.41, 5.74) is 2.24. The van der Waals surface area contributed by atoms with E-state index in [4.69, 9.17) is 5.73 Å². The van der Waals surface area contributed by atoms with Crippen LogP contribution in [0.15, 0.2) is 9.59 Å². The molecule has 188 valence electrons. The number of alkyl halides is 6. The van der Waals surface area contributed by atoms with Crippen LogP contribution in [-0.4, -0.2) is 41.5 Å². The number of nitrogens with one attached hydrogen (secondary N) is 1. The smallest absolute Gasteiger partial charge is 0.329 e. The average molecular weight is 496 g/mol. The number of benzene rings is 1. The third kappa shape index (κ3) is 3.97. The zero-order valence-corrected chi connectivity index (χ0v) is 18.0. The van der Waals surface area contributed by atoms with Gasteiger partial charge in [0.1, 0.15) is 0 Å². The summed E-state index contributed by atoms with van der Waals surface area (Å²) in [6.45, 7) is 1.14. The molecule has 0 bridgehead atoms. The summed E-state index contributed by atoms with van der Waals surface area (Å²) in [6, 6.07) is -1.94. The number of hydrogen-bond donors (Lipinski definition) is 2. The van der Waals surface area contributed by atoms with Gasteiger partial charge in [0.25, 0.3) is 12.0 Å². The summed E-state index contributed by atoms with van der Waals surface area (Å²) >= 11 is 0. The van der Waals surface area contributed by atoms with Crippen molar-refractivity contribution in [2.45, 2.75) is 57.5 Å². The second-order valence-corrected chi connectivity index (χ2v) is 8.90. The minimum atomic E-state index is -3.39. The number of aromatic amines is 1. The van der Waals surface area contributed by atoms with Gasteiger partial charge < -0.3 is 10.6 Å². The first-order chi connectivity index (χ1) is 16.0. The fraction of sp³-hybridized carbons (Fsp3) is 0.619. The van der Waals surface area contributed by atoms with Crippen LogP contribution >= 0.6 is 0 Å². The maximum Gasteiger partial charge on any atom is 0.329 e. The fourth-order valence-corrected chi connectivity index (χ4v) is 5.01. The molecule has 1 aliphatic carbocycles. The van der Waals surface area contributed by atoms with Crippen molar-refractivity contribution in [1.82, 2.24) is 9.55 Å². The highest BCUT2D eigenvalue weighted by Crippen LogP contribution is 2.43. The molecule has 2 aromatic rings. The number of nitrogens with zero attached hydrogens (tertiary/aromatic N) is 2. The molecule has 2 fully saturated rings. The van der Waals surface area contributed by atoms with Crippen LogP contribution in [0.5, 0.6) is 0 Å². The Morgan fingerprint density at radius 3 is 2.18 bits per heavy atom. The van der Waals surface area contributed by atoms with Gasteiger partial charge >= 0.3 is 5.69 Å². The molecule has 1 aromatic carbocycles.